The van der Waals surface area contributed by atoms with Crippen molar-refractivity contribution in [2.24, 2.45) is 7.05 Å². The number of benzene rings is 1. The van der Waals surface area contributed by atoms with Crippen LogP contribution in [0.3, 0.4) is 0 Å². The van der Waals surface area contributed by atoms with Crippen molar-refractivity contribution in [1.82, 2.24) is 19.7 Å². The van der Waals surface area contributed by atoms with E-state index in [2.05, 4.69) is 10.1 Å². The number of ether oxygens (including phenoxy) is 3. The first-order chi connectivity index (χ1) is 17.7. The number of amides is 1. The Hall–Kier alpha value is -4.35. The Morgan fingerprint density at radius 1 is 1.26 bits per heavy atom. The van der Waals surface area contributed by atoms with Crippen LogP contribution in [0, 0.1) is 5.82 Å². The maximum Gasteiger partial charge on any atom is 0.410 e. The van der Waals surface area contributed by atoms with Crippen LogP contribution >= 0.6 is 0 Å². The molecule has 0 saturated carbocycles. The lowest BCUT2D eigenvalue weighted by Gasteiger charge is -2.25. The van der Waals surface area contributed by atoms with E-state index in [0.29, 0.717) is 16.8 Å². The lowest BCUT2D eigenvalue weighted by atomic mass is 10.0. The first kappa shape index (κ1) is 28.2. The minimum absolute atomic E-state index is 0.0455. The summed E-state index contributed by atoms with van der Waals surface area (Å²) in [5, 5.41) is 13.9. The number of halogens is 1. The predicted octanol–water partition coefficient (Wildman–Crippen LogP) is 4.42. The molecule has 3 rings (SSSR count). The zero-order valence-corrected chi connectivity index (χ0v) is 22.4. The summed E-state index contributed by atoms with van der Waals surface area (Å²) in [6.07, 6.45) is 0.125. The predicted molar refractivity (Wildman–Crippen MR) is 138 cm³/mol. The lowest BCUT2D eigenvalue weighted by Crippen LogP contribution is -2.34. The Morgan fingerprint density at radius 2 is 1.95 bits per heavy atom. The zero-order valence-electron chi connectivity index (χ0n) is 22.4. The molecule has 3 N–H and O–H groups in total. The first-order valence-corrected chi connectivity index (χ1v) is 11.7. The number of aromatic nitrogens is 3. The van der Waals surface area contributed by atoms with Crippen LogP contribution in [-0.2, 0) is 18.3 Å². The van der Waals surface area contributed by atoms with Gasteiger partial charge in [-0.05, 0) is 52.0 Å². The van der Waals surface area contributed by atoms with Crippen LogP contribution in [0.15, 0.2) is 30.5 Å². The van der Waals surface area contributed by atoms with Gasteiger partial charge in [0.05, 0.1) is 30.5 Å². The van der Waals surface area contributed by atoms with Crippen molar-refractivity contribution < 1.29 is 33.3 Å². The number of methoxy groups -OCH3 is 1. The quantitative estimate of drug-likeness (QED) is 0.434. The number of aromatic carboxylic acids is 1. The molecule has 1 aromatic carbocycles. The summed E-state index contributed by atoms with van der Waals surface area (Å²) in [6.45, 7) is 7.06. The third-order valence-corrected chi connectivity index (χ3v) is 5.58. The van der Waals surface area contributed by atoms with E-state index in [4.69, 9.17) is 19.9 Å². The van der Waals surface area contributed by atoms with Gasteiger partial charge in [0.2, 0.25) is 5.88 Å². The second-order valence-electron chi connectivity index (χ2n) is 9.70. The molecule has 0 aliphatic carbocycles. The number of nitrogens with two attached hydrogens (primary N) is 1. The third-order valence-electron chi connectivity index (χ3n) is 5.58. The van der Waals surface area contributed by atoms with E-state index in [-0.39, 0.29) is 35.1 Å². The van der Waals surface area contributed by atoms with Gasteiger partial charge in [-0.2, -0.15) is 0 Å². The van der Waals surface area contributed by atoms with Crippen LogP contribution < -0.4 is 15.2 Å². The summed E-state index contributed by atoms with van der Waals surface area (Å²) in [7, 11) is 4.79. The van der Waals surface area contributed by atoms with Crippen LogP contribution in [0.25, 0.3) is 11.1 Å². The number of aryl methyl sites for hydroxylation is 1. The highest BCUT2D eigenvalue weighted by Gasteiger charge is 2.26. The van der Waals surface area contributed by atoms with Gasteiger partial charge < -0.3 is 30.0 Å². The highest BCUT2D eigenvalue weighted by Crippen LogP contribution is 2.37. The summed E-state index contributed by atoms with van der Waals surface area (Å²) in [4.78, 5) is 29.9. The number of carbonyl (C=O) groups excluding carboxylic acids is 1. The molecule has 0 fully saturated rings. The molecule has 0 aliphatic rings. The molecule has 0 bridgehead atoms. The number of nitrogen functional groups attached to an aromatic ring is 1. The summed E-state index contributed by atoms with van der Waals surface area (Å²) in [6, 6.07) is 4.96. The van der Waals surface area contributed by atoms with Gasteiger partial charge in [-0.1, -0.05) is 0 Å². The third kappa shape index (κ3) is 6.31. The van der Waals surface area contributed by atoms with Crippen molar-refractivity contribution in [3.05, 3.63) is 53.1 Å². The molecule has 0 spiro atoms. The van der Waals surface area contributed by atoms with Crippen LogP contribution in [0.1, 0.15) is 55.4 Å². The van der Waals surface area contributed by atoms with Gasteiger partial charge >= 0.3 is 12.1 Å². The lowest BCUT2D eigenvalue weighted by molar-refractivity contribution is 0.0281. The van der Waals surface area contributed by atoms with Crippen LogP contribution in [0.4, 0.5) is 15.0 Å². The normalized spacial score (nSPS) is 12.1. The Morgan fingerprint density at radius 3 is 2.55 bits per heavy atom. The molecule has 204 valence electrons. The maximum absolute atomic E-state index is 13.9. The molecule has 1 atom stereocenters. The van der Waals surface area contributed by atoms with Crippen molar-refractivity contribution in [2.45, 2.75) is 45.9 Å². The Kier molecular flexibility index (Phi) is 8.13. The molecule has 12 heteroatoms. The molecule has 3 aromatic rings. The van der Waals surface area contributed by atoms with Gasteiger partial charge in [-0.15, -0.1) is 5.10 Å². The number of anilines is 1. The van der Waals surface area contributed by atoms with E-state index < -0.39 is 29.6 Å². The number of carboxylic acids is 1. The zero-order chi connectivity index (χ0) is 28.4. The van der Waals surface area contributed by atoms with E-state index in [9.17, 15) is 19.1 Å². The number of carbonyl (C=O) groups is 2. The average molecular weight is 530 g/mol. The summed E-state index contributed by atoms with van der Waals surface area (Å²) in [5.74, 6) is -1.34. The van der Waals surface area contributed by atoms with Crippen molar-refractivity contribution in [3.8, 4) is 22.8 Å². The molecule has 0 saturated heterocycles. The van der Waals surface area contributed by atoms with E-state index in [1.165, 1.54) is 24.3 Å². The standard InChI is InChI=1S/C26H32FN5O6/c1-14(18-11-16(27)8-9-17(18)24(33)34)37-20-10-15(12-29-22(20)28)21-19(32(6)30-23(21)36-7)13-31(5)25(35)38-26(2,3)4/h8-12,14H,13H2,1-7H3,(H2,28,29)(H,33,34)/t14-/m1/s1. The molecule has 11 nitrogen and oxygen atoms in total. The molecule has 1 amide bonds. The van der Waals surface area contributed by atoms with E-state index in [1.807, 2.05) is 0 Å². The van der Waals surface area contributed by atoms with Crippen LogP contribution in [-0.4, -0.2) is 56.6 Å². The van der Waals surface area contributed by atoms with Crippen molar-refractivity contribution in [3.63, 3.8) is 0 Å². The van der Waals surface area contributed by atoms with Gasteiger partial charge in [0.25, 0.3) is 0 Å². The van der Waals surface area contributed by atoms with Gasteiger partial charge in [0, 0.05) is 31.4 Å². The fourth-order valence-corrected chi connectivity index (χ4v) is 3.78. The fraction of sp³-hybridized carbons (Fsp3) is 0.385. The van der Waals surface area contributed by atoms with Gasteiger partial charge in [0.1, 0.15) is 17.5 Å². The molecular weight excluding hydrogens is 497 g/mol. The maximum atomic E-state index is 13.9. The second kappa shape index (κ2) is 11.0. The molecule has 2 heterocycles. The highest BCUT2D eigenvalue weighted by atomic mass is 19.1. The molecule has 0 radical (unpaired) electrons. The Balaban J connectivity index is 1.99. The average Bonchev–Trinajstić information content (AvgIpc) is 3.14. The topological polar surface area (TPSA) is 142 Å². The second-order valence-corrected chi connectivity index (χ2v) is 9.70. The van der Waals surface area contributed by atoms with Crippen molar-refractivity contribution in [1.29, 1.82) is 0 Å². The summed E-state index contributed by atoms with van der Waals surface area (Å²) >= 11 is 0. The van der Waals surface area contributed by atoms with E-state index in [1.54, 1.807) is 52.5 Å². The summed E-state index contributed by atoms with van der Waals surface area (Å²) < 4.78 is 32.4. The first-order valence-electron chi connectivity index (χ1n) is 11.7. The smallest absolute Gasteiger partial charge is 0.410 e. The summed E-state index contributed by atoms with van der Waals surface area (Å²) in [5.41, 5.74) is 7.15. The number of hydrogen-bond donors (Lipinski definition) is 2. The minimum atomic E-state index is -1.21. The van der Waals surface area contributed by atoms with Gasteiger partial charge in [0.15, 0.2) is 11.6 Å². The number of rotatable bonds is 8. The van der Waals surface area contributed by atoms with Crippen LogP contribution in [0.2, 0.25) is 0 Å². The number of nitrogens with zero attached hydrogens (tertiary/aromatic N) is 4. The molecule has 0 aliphatic heterocycles. The SMILES string of the molecule is COc1nn(C)c(CN(C)C(=O)OC(C)(C)C)c1-c1cnc(N)c(O[C@H](C)c2cc(F)ccc2C(=O)O)c1. The van der Waals surface area contributed by atoms with Gasteiger partial charge in [-0.3, -0.25) is 4.68 Å². The monoisotopic (exact) mass is 529 g/mol. The Bertz CT molecular complexity index is 1350. The van der Waals surface area contributed by atoms with Crippen molar-refractivity contribution >= 4 is 17.9 Å². The number of pyridine rings is 1. The Labute approximate surface area is 219 Å². The van der Waals surface area contributed by atoms with Gasteiger partial charge in [-0.25, -0.2) is 19.0 Å². The largest absolute Gasteiger partial charge is 0.482 e. The molecule has 2 aromatic heterocycles. The fourth-order valence-electron chi connectivity index (χ4n) is 3.78. The number of carboxylic acid groups (broad SMARTS) is 1. The van der Waals surface area contributed by atoms with E-state index in [0.717, 1.165) is 12.1 Å². The molecule has 0 unspecified atom stereocenters. The minimum Gasteiger partial charge on any atom is -0.482 e. The van der Waals surface area contributed by atoms with Crippen molar-refractivity contribution in [2.75, 3.05) is 19.9 Å². The van der Waals surface area contributed by atoms with E-state index >= 15 is 0 Å². The van der Waals surface area contributed by atoms with Crippen LogP contribution in [0.5, 0.6) is 11.6 Å². The molecular formula is C26H32FN5O6. The number of hydrogen-bond acceptors (Lipinski definition) is 8. The molecule has 38 heavy (non-hydrogen) atoms. The highest BCUT2D eigenvalue weighted by molar-refractivity contribution is 5.89.